The highest BCUT2D eigenvalue weighted by Crippen LogP contribution is 2.45. The van der Waals surface area contributed by atoms with Gasteiger partial charge in [-0.1, -0.05) is 6.92 Å². The van der Waals surface area contributed by atoms with Crippen molar-refractivity contribution in [2.75, 3.05) is 27.3 Å². The van der Waals surface area contributed by atoms with Gasteiger partial charge in [0, 0.05) is 30.7 Å². The number of hydrogen-bond donors (Lipinski definition) is 2. The number of hydrogen-bond acceptors (Lipinski definition) is 5. The van der Waals surface area contributed by atoms with Crippen molar-refractivity contribution in [2.45, 2.75) is 25.8 Å². The highest BCUT2D eigenvalue weighted by atomic mass is 16.5. The SMILES string of the molecule is CCC1C(N)=C(C(=O)O)CN2CCc3cc(OC)c(OC)cc3C12. The van der Waals surface area contributed by atoms with Gasteiger partial charge in [0.2, 0.25) is 0 Å². The standard InChI is InChI=1S/C18H24N2O4/c1-4-11-16(19)13(18(21)22)9-20-6-5-10-7-14(23-2)15(24-3)8-12(10)17(11)20/h7-8,11,17H,4-6,9,19H2,1-3H3,(H,21,22). The van der Waals surface area contributed by atoms with E-state index >= 15 is 0 Å². The first-order valence-corrected chi connectivity index (χ1v) is 8.22. The van der Waals surface area contributed by atoms with Crippen molar-refractivity contribution in [3.05, 3.63) is 34.5 Å². The fourth-order valence-electron chi connectivity index (χ4n) is 4.00. The molecule has 130 valence electrons. The van der Waals surface area contributed by atoms with Crippen molar-refractivity contribution < 1.29 is 19.4 Å². The number of aliphatic carboxylic acids is 1. The van der Waals surface area contributed by atoms with E-state index < -0.39 is 5.97 Å². The molecule has 0 amide bonds. The largest absolute Gasteiger partial charge is 0.493 e. The molecule has 0 saturated carbocycles. The first-order valence-electron chi connectivity index (χ1n) is 8.22. The summed E-state index contributed by atoms with van der Waals surface area (Å²) in [5.41, 5.74) is 9.47. The van der Waals surface area contributed by atoms with Crippen LogP contribution in [0.15, 0.2) is 23.4 Å². The summed E-state index contributed by atoms with van der Waals surface area (Å²) in [5.74, 6) is 0.493. The van der Waals surface area contributed by atoms with Gasteiger partial charge in [0.05, 0.1) is 19.8 Å². The maximum Gasteiger partial charge on any atom is 0.334 e. The Morgan fingerprint density at radius 1 is 1.33 bits per heavy atom. The number of rotatable bonds is 4. The summed E-state index contributed by atoms with van der Waals surface area (Å²) < 4.78 is 10.9. The van der Waals surface area contributed by atoms with Crippen LogP contribution in [-0.4, -0.2) is 43.3 Å². The van der Waals surface area contributed by atoms with E-state index in [1.165, 1.54) is 5.56 Å². The summed E-state index contributed by atoms with van der Waals surface area (Å²) in [7, 11) is 3.26. The van der Waals surface area contributed by atoms with Crippen LogP contribution in [0.3, 0.4) is 0 Å². The van der Waals surface area contributed by atoms with Crippen LogP contribution in [-0.2, 0) is 11.2 Å². The smallest absolute Gasteiger partial charge is 0.334 e. The third-order valence-corrected chi connectivity index (χ3v) is 5.21. The van der Waals surface area contributed by atoms with Gasteiger partial charge >= 0.3 is 5.97 Å². The Balaban J connectivity index is 2.11. The summed E-state index contributed by atoms with van der Waals surface area (Å²) in [5, 5.41) is 9.46. The normalized spacial score (nSPS) is 23.5. The van der Waals surface area contributed by atoms with Gasteiger partial charge < -0.3 is 20.3 Å². The first-order chi connectivity index (χ1) is 11.5. The predicted molar refractivity (Wildman–Crippen MR) is 90.2 cm³/mol. The van der Waals surface area contributed by atoms with E-state index in [-0.39, 0.29) is 12.0 Å². The minimum atomic E-state index is -0.914. The monoisotopic (exact) mass is 332 g/mol. The van der Waals surface area contributed by atoms with Crippen LogP contribution in [0, 0.1) is 5.92 Å². The summed E-state index contributed by atoms with van der Waals surface area (Å²) >= 11 is 0. The molecule has 0 spiro atoms. The Bertz CT molecular complexity index is 699. The van der Waals surface area contributed by atoms with Crippen LogP contribution in [0.5, 0.6) is 11.5 Å². The van der Waals surface area contributed by atoms with Gasteiger partial charge in [-0.05, 0) is 36.1 Å². The molecule has 0 saturated heterocycles. The molecule has 0 aliphatic carbocycles. The summed E-state index contributed by atoms with van der Waals surface area (Å²) in [6.07, 6.45) is 1.65. The Hall–Kier alpha value is -2.21. The summed E-state index contributed by atoms with van der Waals surface area (Å²) in [6.45, 7) is 3.25. The lowest BCUT2D eigenvalue weighted by atomic mass is 9.78. The van der Waals surface area contributed by atoms with Crippen LogP contribution in [0.25, 0.3) is 0 Å². The minimum Gasteiger partial charge on any atom is -0.493 e. The molecule has 3 N–H and O–H groups in total. The Morgan fingerprint density at radius 3 is 2.58 bits per heavy atom. The second-order valence-corrected chi connectivity index (χ2v) is 6.33. The molecule has 6 nitrogen and oxygen atoms in total. The van der Waals surface area contributed by atoms with Crippen LogP contribution in [0.4, 0.5) is 0 Å². The molecular formula is C18H24N2O4. The molecule has 2 aliphatic rings. The number of carboxylic acid groups (broad SMARTS) is 1. The Morgan fingerprint density at radius 2 is 2.00 bits per heavy atom. The van der Waals surface area contributed by atoms with Gasteiger partial charge in [-0.15, -0.1) is 0 Å². The third kappa shape index (κ3) is 2.51. The van der Waals surface area contributed by atoms with Crippen molar-refractivity contribution in [2.24, 2.45) is 11.7 Å². The molecule has 6 heteroatoms. The molecule has 0 aromatic heterocycles. The van der Waals surface area contributed by atoms with Crippen molar-refractivity contribution in [3.63, 3.8) is 0 Å². The van der Waals surface area contributed by atoms with Crippen molar-refractivity contribution in [1.29, 1.82) is 0 Å². The zero-order valence-corrected chi connectivity index (χ0v) is 14.3. The van der Waals surface area contributed by atoms with Crippen LogP contribution in [0.1, 0.15) is 30.5 Å². The topological polar surface area (TPSA) is 85.0 Å². The molecule has 3 rings (SSSR count). The second kappa shape index (κ2) is 6.36. The van der Waals surface area contributed by atoms with E-state index in [1.807, 2.05) is 12.1 Å². The van der Waals surface area contributed by atoms with Gasteiger partial charge in [-0.25, -0.2) is 4.79 Å². The van der Waals surface area contributed by atoms with E-state index in [9.17, 15) is 9.90 Å². The fraction of sp³-hybridized carbons (Fsp3) is 0.500. The number of carbonyl (C=O) groups is 1. The van der Waals surface area contributed by atoms with Gasteiger partial charge in [0.15, 0.2) is 11.5 Å². The van der Waals surface area contributed by atoms with E-state index in [1.54, 1.807) is 14.2 Å². The maximum absolute atomic E-state index is 11.5. The molecule has 2 atom stereocenters. The Labute approximate surface area is 141 Å². The molecule has 2 unspecified atom stereocenters. The fourth-order valence-corrected chi connectivity index (χ4v) is 4.00. The van der Waals surface area contributed by atoms with E-state index in [4.69, 9.17) is 15.2 Å². The number of carboxylic acids is 1. The predicted octanol–water partition coefficient (Wildman–Crippen LogP) is 1.94. The van der Waals surface area contributed by atoms with Gasteiger partial charge in [0.1, 0.15) is 0 Å². The highest BCUT2D eigenvalue weighted by molar-refractivity contribution is 5.88. The maximum atomic E-state index is 11.5. The third-order valence-electron chi connectivity index (χ3n) is 5.21. The van der Waals surface area contributed by atoms with Gasteiger partial charge in [-0.3, -0.25) is 4.90 Å². The molecule has 2 heterocycles. The number of ether oxygens (including phenoxy) is 2. The quantitative estimate of drug-likeness (QED) is 0.876. The summed E-state index contributed by atoms with van der Waals surface area (Å²) in [6, 6.07) is 4.14. The average Bonchev–Trinajstić information content (AvgIpc) is 2.59. The lowest BCUT2D eigenvalue weighted by molar-refractivity contribution is -0.133. The van der Waals surface area contributed by atoms with Crippen molar-refractivity contribution in [1.82, 2.24) is 4.90 Å². The average molecular weight is 332 g/mol. The number of nitrogens with two attached hydrogens (primary N) is 1. The molecule has 1 aromatic carbocycles. The first kappa shape index (κ1) is 16.6. The molecule has 1 aromatic rings. The lowest BCUT2D eigenvalue weighted by Gasteiger charge is -2.45. The van der Waals surface area contributed by atoms with Crippen molar-refractivity contribution in [3.8, 4) is 11.5 Å². The number of fused-ring (bicyclic) bond motifs is 3. The zero-order valence-electron chi connectivity index (χ0n) is 14.3. The molecular weight excluding hydrogens is 308 g/mol. The van der Waals surface area contributed by atoms with Crippen molar-refractivity contribution >= 4 is 5.97 Å². The van der Waals surface area contributed by atoms with Gasteiger partial charge in [0.25, 0.3) is 0 Å². The molecule has 0 fully saturated rings. The molecule has 2 aliphatic heterocycles. The number of benzene rings is 1. The van der Waals surface area contributed by atoms with Gasteiger partial charge in [-0.2, -0.15) is 0 Å². The van der Waals surface area contributed by atoms with Crippen LogP contribution >= 0.6 is 0 Å². The highest BCUT2D eigenvalue weighted by Gasteiger charge is 2.41. The lowest BCUT2D eigenvalue weighted by Crippen LogP contribution is -2.47. The Kier molecular flexibility index (Phi) is 4.41. The zero-order chi connectivity index (χ0) is 17.4. The van der Waals surface area contributed by atoms with E-state index in [0.29, 0.717) is 23.6 Å². The van der Waals surface area contributed by atoms with Crippen LogP contribution in [0.2, 0.25) is 0 Å². The van der Waals surface area contributed by atoms with E-state index in [2.05, 4.69) is 11.8 Å². The summed E-state index contributed by atoms with van der Waals surface area (Å²) in [4.78, 5) is 13.8. The minimum absolute atomic E-state index is 0.0120. The van der Waals surface area contributed by atoms with Crippen LogP contribution < -0.4 is 15.2 Å². The number of methoxy groups -OCH3 is 2. The molecule has 0 radical (unpaired) electrons. The molecule has 0 bridgehead atoms. The van der Waals surface area contributed by atoms with E-state index in [0.717, 1.165) is 30.7 Å². The number of nitrogens with zero attached hydrogens (tertiary/aromatic N) is 1. The molecule has 24 heavy (non-hydrogen) atoms. The second-order valence-electron chi connectivity index (χ2n) is 6.33.